The van der Waals surface area contributed by atoms with Crippen molar-refractivity contribution in [1.29, 1.82) is 0 Å². The van der Waals surface area contributed by atoms with Gasteiger partial charge < -0.3 is 9.15 Å². The minimum Gasteiger partial charge on any atom is -0.468 e. The summed E-state index contributed by atoms with van der Waals surface area (Å²) in [5, 5.41) is 0. The van der Waals surface area contributed by atoms with Crippen molar-refractivity contribution in [2.45, 2.75) is 25.1 Å². The van der Waals surface area contributed by atoms with Crippen molar-refractivity contribution in [3.63, 3.8) is 0 Å². The summed E-state index contributed by atoms with van der Waals surface area (Å²) < 4.78 is 36.6. The molecule has 1 aromatic rings. The summed E-state index contributed by atoms with van der Waals surface area (Å²) in [7, 11) is -1.45. The van der Waals surface area contributed by atoms with Crippen LogP contribution < -0.4 is 0 Å². The van der Waals surface area contributed by atoms with Crippen molar-refractivity contribution in [1.82, 2.24) is 9.21 Å². The summed E-state index contributed by atoms with van der Waals surface area (Å²) in [6, 6.07) is 3.83. The first-order chi connectivity index (χ1) is 9.99. The Kier molecular flexibility index (Phi) is 4.09. The molecule has 6 nitrogen and oxygen atoms in total. The maximum absolute atomic E-state index is 12.0. The molecule has 0 bridgehead atoms. The van der Waals surface area contributed by atoms with E-state index in [1.54, 1.807) is 17.7 Å². The average Bonchev–Trinajstić information content (AvgIpc) is 3.05. The predicted molar refractivity (Wildman–Crippen MR) is 78.2 cm³/mol. The molecule has 3 atom stereocenters. The number of methoxy groups -OCH3 is 1. The smallest absolute Gasteiger partial charge is 0.211 e. The van der Waals surface area contributed by atoms with Crippen LogP contribution >= 0.6 is 0 Å². The second kappa shape index (κ2) is 5.72. The molecular formula is C14H22N2O4S. The Labute approximate surface area is 125 Å². The molecule has 21 heavy (non-hydrogen) atoms. The Balaban J connectivity index is 1.77. The van der Waals surface area contributed by atoms with Crippen LogP contribution in [0.3, 0.4) is 0 Å². The summed E-state index contributed by atoms with van der Waals surface area (Å²) in [4.78, 5) is 2.25. The molecule has 0 amide bonds. The zero-order valence-electron chi connectivity index (χ0n) is 12.4. The molecule has 2 aliphatic rings. The van der Waals surface area contributed by atoms with Crippen LogP contribution in [0.1, 0.15) is 12.2 Å². The zero-order chi connectivity index (χ0) is 15.0. The van der Waals surface area contributed by atoms with E-state index < -0.39 is 10.0 Å². The number of hydrogen-bond donors (Lipinski definition) is 0. The van der Waals surface area contributed by atoms with Crippen molar-refractivity contribution < 1.29 is 17.6 Å². The Morgan fingerprint density at radius 2 is 2.24 bits per heavy atom. The minimum atomic E-state index is -3.17. The molecule has 0 unspecified atom stereocenters. The highest BCUT2D eigenvalue weighted by molar-refractivity contribution is 7.88. The summed E-state index contributed by atoms with van der Waals surface area (Å²) in [5.41, 5.74) is 0. The summed E-state index contributed by atoms with van der Waals surface area (Å²) in [5.74, 6) is 1.14. The summed E-state index contributed by atoms with van der Waals surface area (Å²) in [6.07, 6.45) is 3.86. The molecule has 0 N–H and O–H groups in total. The van der Waals surface area contributed by atoms with E-state index in [0.717, 1.165) is 25.3 Å². The van der Waals surface area contributed by atoms with Gasteiger partial charge in [-0.05, 0) is 18.6 Å². The SMILES string of the molecule is CO[C@@H]1CCN(S(C)(=O)=O)[C@@H]2CN(Cc3ccco3)C[C@@H]21. The lowest BCUT2D eigenvalue weighted by Gasteiger charge is -2.39. The van der Waals surface area contributed by atoms with Crippen molar-refractivity contribution in [3.05, 3.63) is 24.2 Å². The third-order valence-electron chi connectivity index (χ3n) is 4.58. The van der Waals surface area contributed by atoms with Gasteiger partial charge in [-0.1, -0.05) is 0 Å². The van der Waals surface area contributed by atoms with Gasteiger partial charge in [0.25, 0.3) is 0 Å². The highest BCUT2D eigenvalue weighted by atomic mass is 32.2. The van der Waals surface area contributed by atoms with Gasteiger partial charge in [0.2, 0.25) is 10.0 Å². The number of nitrogens with zero attached hydrogens (tertiary/aromatic N) is 2. The lowest BCUT2D eigenvalue weighted by molar-refractivity contribution is 0.00240. The van der Waals surface area contributed by atoms with Gasteiger partial charge in [-0.25, -0.2) is 8.42 Å². The molecule has 2 aliphatic heterocycles. The second-order valence-corrected chi connectivity index (χ2v) is 7.88. The maximum Gasteiger partial charge on any atom is 0.211 e. The number of likely N-dealkylation sites (tertiary alicyclic amines) is 1. The Morgan fingerprint density at radius 3 is 2.86 bits per heavy atom. The van der Waals surface area contributed by atoms with Crippen molar-refractivity contribution in [2.75, 3.05) is 33.0 Å². The van der Waals surface area contributed by atoms with Gasteiger partial charge in [-0.2, -0.15) is 4.31 Å². The number of sulfonamides is 1. The summed E-state index contributed by atoms with van der Waals surface area (Å²) in [6.45, 7) is 2.84. The topological polar surface area (TPSA) is 63.0 Å². The molecule has 0 aromatic carbocycles. The van der Waals surface area contributed by atoms with Crippen molar-refractivity contribution >= 4 is 10.0 Å². The fourth-order valence-electron chi connectivity index (χ4n) is 3.66. The molecule has 3 heterocycles. The number of piperidine rings is 1. The van der Waals surface area contributed by atoms with E-state index in [9.17, 15) is 8.42 Å². The molecule has 2 fully saturated rings. The molecule has 3 rings (SSSR count). The number of ether oxygens (including phenoxy) is 1. The van der Waals surface area contributed by atoms with Crippen LogP contribution in [0.25, 0.3) is 0 Å². The van der Waals surface area contributed by atoms with Crippen LogP contribution in [0.5, 0.6) is 0 Å². The second-order valence-electron chi connectivity index (χ2n) is 5.94. The predicted octanol–water partition coefficient (Wildman–Crippen LogP) is 0.760. The van der Waals surface area contributed by atoms with E-state index in [0.29, 0.717) is 13.1 Å². The zero-order valence-corrected chi connectivity index (χ0v) is 13.3. The number of furan rings is 1. The molecule has 0 radical (unpaired) electrons. The molecule has 0 aliphatic carbocycles. The first-order valence-corrected chi connectivity index (χ1v) is 9.08. The number of hydrogen-bond acceptors (Lipinski definition) is 5. The fourth-order valence-corrected chi connectivity index (χ4v) is 4.81. The van der Waals surface area contributed by atoms with Gasteiger partial charge in [-0.15, -0.1) is 0 Å². The lowest BCUT2D eigenvalue weighted by atomic mass is 9.91. The van der Waals surface area contributed by atoms with Gasteiger partial charge >= 0.3 is 0 Å². The monoisotopic (exact) mass is 314 g/mol. The summed E-state index contributed by atoms with van der Waals surface area (Å²) >= 11 is 0. The van der Waals surface area contributed by atoms with Gasteiger partial charge in [0.05, 0.1) is 25.2 Å². The molecule has 0 spiro atoms. The normalized spacial score (nSPS) is 31.4. The Bertz CT molecular complexity index is 572. The van der Waals surface area contributed by atoms with E-state index in [-0.39, 0.29) is 18.1 Å². The van der Waals surface area contributed by atoms with Gasteiger partial charge in [-0.3, -0.25) is 4.90 Å². The largest absolute Gasteiger partial charge is 0.468 e. The Hall–Kier alpha value is -0.890. The molecular weight excluding hydrogens is 292 g/mol. The highest BCUT2D eigenvalue weighted by Gasteiger charge is 2.47. The third-order valence-corrected chi connectivity index (χ3v) is 5.88. The van der Waals surface area contributed by atoms with Crippen molar-refractivity contribution in [3.8, 4) is 0 Å². The minimum absolute atomic E-state index is 0.00802. The van der Waals surface area contributed by atoms with E-state index in [2.05, 4.69) is 4.90 Å². The lowest BCUT2D eigenvalue weighted by Crippen LogP contribution is -2.53. The average molecular weight is 314 g/mol. The van der Waals surface area contributed by atoms with Gasteiger partial charge in [0, 0.05) is 38.7 Å². The molecule has 118 valence electrons. The van der Waals surface area contributed by atoms with Crippen LogP contribution in [0, 0.1) is 5.92 Å². The Morgan fingerprint density at radius 1 is 1.43 bits per heavy atom. The van der Waals surface area contributed by atoms with Gasteiger partial charge in [0.1, 0.15) is 5.76 Å². The van der Waals surface area contributed by atoms with Gasteiger partial charge in [0.15, 0.2) is 0 Å². The molecule has 0 saturated carbocycles. The van der Waals surface area contributed by atoms with E-state index in [1.807, 2.05) is 12.1 Å². The molecule has 2 saturated heterocycles. The quantitative estimate of drug-likeness (QED) is 0.821. The third kappa shape index (κ3) is 3.01. The van der Waals surface area contributed by atoms with Crippen LogP contribution in [0.15, 0.2) is 22.8 Å². The first-order valence-electron chi connectivity index (χ1n) is 7.23. The standard InChI is InChI=1S/C14H22N2O4S/c1-19-14-5-6-16(21(2,17)18)13-10-15(9-12(13)14)8-11-4-3-7-20-11/h3-4,7,12-14H,5-6,8-10H2,1-2H3/t12-,13+,14+/m0/s1. The van der Waals surface area contributed by atoms with Crippen LogP contribution in [-0.4, -0.2) is 62.8 Å². The van der Waals surface area contributed by atoms with Crippen LogP contribution in [0.4, 0.5) is 0 Å². The van der Waals surface area contributed by atoms with Crippen LogP contribution in [0.2, 0.25) is 0 Å². The van der Waals surface area contributed by atoms with Crippen molar-refractivity contribution in [2.24, 2.45) is 5.92 Å². The fraction of sp³-hybridized carbons (Fsp3) is 0.714. The maximum atomic E-state index is 12.0. The highest BCUT2D eigenvalue weighted by Crippen LogP contribution is 2.34. The number of fused-ring (bicyclic) bond motifs is 1. The van der Waals surface area contributed by atoms with E-state index in [4.69, 9.17) is 9.15 Å². The molecule has 1 aromatic heterocycles. The number of rotatable bonds is 4. The first kappa shape index (κ1) is 15.0. The molecule has 7 heteroatoms. The van der Waals surface area contributed by atoms with E-state index >= 15 is 0 Å². The van der Waals surface area contributed by atoms with E-state index in [1.165, 1.54) is 6.26 Å². The van der Waals surface area contributed by atoms with Crippen LogP contribution in [-0.2, 0) is 21.3 Å².